The Kier molecular flexibility index (Phi) is 4.26. The maximum Gasteiger partial charge on any atom is 0.230 e. The van der Waals surface area contributed by atoms with E-state index in [1.165, 1.54) is 4.90 Å². The summed E-state index contributed by atoms with van der Waals surface area (Å²) in [4.78, 5) is 17.1. The molecule has 1 heterocycles. The Balaban J connectivity index is 2.53. The van der Waals surface area contributed by atoms with Gasteiger partial charge >= 0.3 is 0 Å². The fourth-order valence-electron chi connectivity index (χ4n) is 1.15. The molecule has 1 rings (SSSR count). The first-order chi connectivity index (χ1) is 7.63. The molecule has 0 aromatic carbocycles. The lowest BCUT2D eigenvalue weighted by Crippen LogP contribution is -2.30. The topological polar surface area (TPSA) is 91.8 Å². The third-order valence-corrected chi connectivity index (χ3v) is 2.01. The zero-order valence-electron chi connectivity index (χ0n) is 9.00. The molecule has 1 aromatic heterocycles. The SMILES string of the molecule is CN(Cc1ccccn1)C(=O)C/C(N)=N/O. The molecule has 6 heteroatoms. The second-order valence-electron chi connectivity index (χ2n) is 3.34. The fraction of sp³-hybridized carbons (Fsp3) is 0.300. The van der Waals surface area contributed by atoms with Gasteiger partial charge in [-0.3, -0.25) is 9.78 Å². The number of rotatable bonds is 4. The van der Waals surface area contributed by atoms with E-state index in [0.29, 0.717) is 6.54 Å². The number of nitrogens with two attached hydrogens (primary N) is 1. The summed E-state index contributed by atoms with van der Waals surface area (Å²) in [5, 5.41) is 11.1. The molecule has 3 N–H and O–H groups in total. The van der Waals surface area contributed by atoms with Crippen LogP contribution in [-0.2, 0) is 11.3 Å². The molecule has 0 spiro atoms. The molecule has 1 aromatic rings. The first kappa shape index (κ1) is 12.0. The van der Waals surface area contributed by atoms with Crippen LogP contribution in [0.1, 0.15) is 12.1 Å². The van der Waals surface area contributed by atoms with Gasteiger partial charge in [0.15, 0.2) is 0 Å². The molecule has 0 bridgehead atoms. The molecule has 0 saturated heterocycles. The first-order valence-electron chi connectivity index (χ1n) is 4.73. The number of hydrogen-bond acceptors (Lipinski definition) is 4. The van der Waals surface area contributed by atoms with Gasteiger partial charge in [-0.15, -0.1) is 0 Å². The van der Waals surface area contributed by atoms with E-state index in [-0.39, 0.29) is 18.2 Å². The van der Waals surface area contributed by atoms with Crippen LogP contribution < -0.4 is 5.73 Å². The van der Waals surface area contributed by atoms with E-state index in [1.807, 2.05) is 18.2 Å². The highest BCUT2D eigenvalue weighted by molar-refractivity contribution is 5.98. The monoisotopic (exact) mass is 222 g/mol. The van der Waals surface area contributed by atoms with E-state index in [0.717, 1.165) is 5.69 Å². The molecule has 0 saturated carbocycles. The summed E-state index contributed by atoms with van der Waals surface area (Å²) in [5.41, 5.74) is 6.03. The summed E-state index contributed by atoms with van der Waals surface area (Å²) >= 11 is 0. The lowest BCUT2D eigenvalue weighted by molar-refractivity contribution is -0.129. The van der Waals surface area contributed by atoms with Gasteiger partial charge in [0.25, 0.3) is 0 Å². The molecule has 0 aliphatic heterocycles. The van der Waals surface area contributed by atoms with Gasteiger partial charge in [-0.2, -0.15) is 0 Å². The second-order valence-corrected chi connectivity index (χ2v) is 3.34. The van der Waals surface area contributed by atoms with Crippen molar-refractivity contribution in [2.24, 2.45) is 10.9 Å². The van der Waals surface area contributed by atoms with Crippen molar-refractivity contribution in [2.75, 3.05) is 7.05 Å². The zero-order chi connectivity index (χ0) is 12.0. The van der Waals surface area contributed by atoms with Gasteiger partial charge in [-0.05, 0) is 12.1 Å². The van der Waals surface area contributed by atoms with Gasteiger partial charge in [0.1, 0.15) is 5.84 Å². The van der Waals surface area contributed by atoms with Gasteiger partial charge in [0.2, 0.25) is 5.91 Å². The predicted octanol–water partition coefficient (Wildman–Crippen LogP) is 0.176. The molecule has 1 amide bonds. The molecule has 16 heavy (non-hydrogen) atoms. The third kappa shape index (κ3) is 3.56. The number of oxime groups is 1. The normalized spacial score (nSPS) is 11.2. The summed E-state index contributed by atoms with van der Waals surface area (Å²) in [6.07, 6.45) is 1.57. The number of amides is 1. The van der Waals surface area contributed by atoms with E-state index in [2.05, 4.69) is 10.1 Å². The molecule has 0 unspecified atom stereocenters. The smallest absolute Gasteiger partial charge is 0.230 e. The van der Waals surface area contributed by atoms with Crippen molar-refractivity contribution in [1.82, 2.24) is 9.88 Å². The van der Waals surface area contributed by atoms with Crippen LogP contribution in [0.25, 0.3) is 0 Å². The molecular weight excluding hydrogens is 208 g/mol. The number of amidine groups is 1. The van der Waals surface area contributed by atoms with Crippen LogP contribution in [0.2, 0.25) is 0 Å². The Morgan fingerprint density at radius 2 is 2.38 bits per heavy atom. The first-order valence-corrected chi connectivity index (χ1v) is 4.73. The quantitative estimate of drug-likeness (QED) is 0.329. The Bertz CT molecular complexity index is 378. The van der Waals surface area contributed by atoms with Crippen LogP contribution in [0.5, 0.6) is 0 Å². The number of hydrogen-bond donors (Lipinski definition) is 2. The lowest BCUT2D eigenvalue weighted by Gasteiger charge is -2.15. The number of nitrogens with zero attached hydrogens (tertiary/aromatic N) is 3. The average molecular weight is 222 g/mol. The number of pyridine rings is 1. The minimum absolute atomic E-state index is 0.0974. The minimum Gasteiger partial charge on any atom is -0.409 e. The highest BCUT2D eigenvalue weighted by Gasteiger charge is 2.11. The number of carbonyl (C=O) groups excluding carboxylic acids is 1. The van der Waals surface area contributed by atoms with Crippen LogP contribution >= 0.6 is 0 Å². The molecule has 0 radical (unpaired) electrons. The Labute approximate surface area is 93.4 Å². The van der Waals surface area contributed by atoms with Crippen LogP contribution in [0, 0.1) is 0 Å². The van der Waals surface area contributed by atoms with E-state index in [9.17, 15) is 4.79 Å². The molecule has 0 aliphatic carbocycles. The van der Waals surface area contributed by atoms with Crippen molar-refractivity contribution in [1.29, 1.82) is 0 Å². The molecular formula is C10H14N4O2. The zero-order valence-corrected chi connectivity index (χ0v) is 9.00. The van der Waals surface area contributed by atoms with Gasteiger partial charge in [0.05, 0.1) is 18.7 Å². The molecule has 0 fully saturated rings. The van der Waals surface area contributed by atoms with Gasteiger partial charge in [-0.1, -0.05) is 11.2 Å². The Morgan fingerprint density at radius 3 is 2.94 bits per heavy atom. The third-order valence-electron chi connectivity index (χ3n) is 2.01. The maximum absolute atomic E-state index is 11.5. The summed E-state index contributed by atoms with van der Waals surface area (Å²) in [6.45, 7) is 0.401. The van der Waals surface area contributed by atoms with Crippen LogP contribution in [0.3, 0.4) is 0 Å². The van der Waals surface area contributed by atoms with E-state index in [4.69, 9.17) is 10.9 Å². The second kappa shape index (κ2) is 5.69. The van der Waals surface area contributed by atoms with Crippen molar-refractivity contribution >= 4 is 11.7 Å². The van der Waals surface area contributed by atoms with Crippen molar-refractivity contribution in [3.8, 4) is 0 Å². The largest absolute Gasteiger partial charge is 0.409 e. The summed E-state index contributed by atoms with van der Waals surface area (Å²) < 4.78 is 0. The lowest BCUT2D eigenvalue weighted by atomic mass is 10.3. The molecule has 6 nitrogen and oxygen atoms in total. The standard InChI is InChI=1S/C10H14N4O2/c1-14(10(15)6-9(11)13-16)7-8-4-2-3-5-12-8/h2-5,16H,6-7H2,1H3,(H2,11,13). The van der Waals surface area contributed by atoms with Crippen molar-refractivity contribution in [3.63, 3.8) is 0 Å². The van der Waals surface area contributed by atoms with Crippen LogP contribution in [0.15, 0.2) is 29.6 Å². The van der Waals surface area contributed by atoms with E-state index < -0.39 is 0 Å². The van der Waals surface area contributed by atoms with E-state index in [1.54, 1.807) is 13.2 Å². The van der Waals surface area contributed by atoms with Gasteiger partial charge in [0, 0.05) is 13.2 Å². The maximum atomic E-state index is 11.5. The number of aromatic nitrogens is 1. The molecule has 86 valence electrons. The Hall–Kier alpha value is -2.11. The summed E-state index contributed by atoms with van der Waals surface area (Å²) in [5.74, 6) is -0.321. The highest BCUT2D eigenvalue weighted by atomic mass is 16.4. The summed E-state index contributed by atoms with van der Waals surface area (Å²) in [6, 6.07) is 5.49. The van der Waals surface area contributed by atoms with Crippen LogP contribution in [-0.4, -0.2) is 33.9 Å². The highest BCUT2D eigenvalue weighted by Crippen LogP contribution is 2.00. The van der Waals surface area contributed by atoms with Gasteiger partial charge < -0.3 is 15.8 Å². The summed E-state index contributed by atoms with van der Waals surface area (Å²) in [7, 11) is 1.64. The van der Waals surface area contributed by atoms with Crippen LogP contribution in [0.4, 0.5) is 0 Å². The van der Waals surface area contributed by atoms with Crippen molar-refractivity contribution < 1.29 is 10.0 Å². The predicted molar refractivity (Wildman–Crippen MR) is 58.7 cm³/mol. The Morgan fingerprint density at radius 1 is 1.62 bits per heavy atom. The minimum atomic E-state index is -0.221. The van der Waals surface area contributed by atoms with E-state index >= 15 is 0 Å². The molecule has 0 atom stereocenters. The van der Waals surface area contributed by atoms with Crippen molar-refractivity contribution in [3.05, 3.63) is 30.1 Å². The fourth-order valence-corrected chi connectivity index (χ4v) is 1.15. The van der Waals surface area contributed by atoms with Gasteiger partial charge in [-0.25, -0.2) is 0 Å². The average Bonchev–Trinajstić information content (AvgIpc) is 2.30. The number of carbonyl (C=O) groups is 1. The molecule has 0 aliphatic rings. The van der Waals surface area contributed by atoms with Crippen molar-refractivity contribution in [2.45, 2.75) is 13.0 Å².